The molecule has 0 amide bonds. The smallest absolute Gasteiger partial charge is 0.194 e. The Morgan fingerprint density at radius 1 is 1.23 bits per heavy atom. The predicted octanol–water partition coefficient (Wildman–Crippen LogP) is 3.72. The van der Waals surface area contributed by atoms with Crippen LogP contribution in [0, 0.1) is 0 Å². The molecule has 1 aliphatic heterocycles. The van der Waals surface area contributed by atoms with Crippen molar-refractivity contribution >= 4 is 22.9 Å². The highest BCUT2D eigenvalue weighted by atomic mass is 32.1. The summed E-state index contributed by atoms with van der Waals surface area (Å²) in [5, 5.41) is 5.72. The number of thiophene rings is 1. The molecule has 1 aromatic carbocycles. The van der Waals surface area contributed by atoms with E-state index >= 15 is 0 Å². The number of nitrogens with zero attached hydrogens (tertiary/aromatic N) is 3. The molecule has 0 bridgehead atoms. The van der Waals surface area contributed by atoms with Crippen LogP contribution in [0.25, 0.3) is 5.57 Å². The molecule has 0 aliphatic carbocycles. The first-order valence-electron chi connectivity index (χ1n) is 9.09. The number of aliphatic imine (C=N–C) groups is 1. The molecule has 5 heteroatoms. The molecular weight excluding hydrogens is 340 g/mol. The second-order valence-corrected chi connectivity index (χ2v) is 7.69. The summed E-state index contributed by atoms with van der Waals surface area (Å²) in [7, 11) is 6.13. The molecule has 2 aromatic rings. The minimum Gasteiger partial charge on any atom is -0.354 e. The molecule has 0 spiro atoms. The van der Waals surface area contributed by atoms with E-state index in [0.717, 1.165) is 32.0 Å². The third-order valence-electron chi connectivity index (χ3n) is 4.81. The molecule has 1 unspecified atom stereocenters. The Kier molecular flexibility index (Phi) is 6.47. The van der Waals surface area contributed by atoms with Gasteiger partial charge in [0.2, 0.25) is 0 Å². The molecule has 0 saturated heterocycles. The van der Waals surface area contributed by atoms with Crippen molar-refractivity contribution in [1.29, 1.82) is 0 Å². The van der Waals surface area contributed by atoms with Gasteiger partial charge in [0, 0.05) is 31.6 Å². The molecule has 2 heterocycles. The zero-order valence-corrected chi connectivity index (χ0v) is 16.7. The van der Waals surface area contributed by atoms with Crippen LogP contribution in [0.2, 0.25) is 0 Å². The van der Waals surface area contributed by atoms with Crippen LogP contribution in [0.1, 0.15) is 22.9 Å². The van der Waals surface area contributed by atoms with Gasteiger partial charge < -0.3 is 15.1 Å². The van der Waals surface area contributed by atoms with Crippen LogP contribution < -0.4 is 5.32 Å². The van der Waals surface area contributed by atoms with Crippen LogP contribution in [-0.4, -0.2) is 56.5 Å². The molecular formula is C21H28N4S. The molecule has 1 aliphatic rings. The minimum absolute atomic E-state index is 0.354. The van der Waals surface area contributed by atoms with Gasteiger partial charge in [0.1, 0.15) is 0 Å². The monoisotopic (exact) mass is 368 g/mol. The molecule has 4 nitrogen and oxygen atoms in total. The van der Waals surface area contributed by atoms with Gasteiger partial charge in [0.25, 0.3) is 0 Å². The third kappa shape index (κ3) is 4.54. The lowest BCUT2D eigenvalue weighted by molar-refractivity contribution is 0.298. The zero-order chi connectivity index (χ0) is 18.4. The molecule has 1 N–H and O–H groups in total. The van der Waals surface area contributed by atoms with Crippen molar-refractivity contribution in [3.63, 3.8) is 0 Å². The summed E-state index contributed by atoms with van der Waals surface area (Å²) in [6.45, 7) is 2.74. The quantitative estimate of drug-likeness (QED) is 0.645. The van der Waals surface area contributed by atoms with Crippen molar-refractivity contribution in [2.75, 3.05) is 40.8 Å². The largest absolute Gasteiger partial charge is 0.354 e. The number of guanidine groups is 1. The molecule has 26 heavy (non-hydrogen) atoms. The van der Waals surface area contributed by atoms with Gasteiger partial charge in [0.05, 0.1) is 6.04 Å². The lowest BCUT2D eigenvalue weighted by atomic mass is 10.00. The van der Waals surface area contributed by atoms with Crippen LogP contribution in [-0.2, 0) is 0 Å². The van der Waals surface area contributed by atoms with Crippen molar-refractivity contribution in [1.82, 2.24) is 15.1 Å². The molecule has 3 rings (SSSR count). The average Bonchev–Trinajstić information content (AvgIpc) is 3.20. The zero-order valence-electron chi connectivity index (χ0n) is 15.9. The summed E-state index contributed by atoms with van der Waals surface area (Å²) >= 11 is 1.81. The SMILES string of the molecule is CN=C(NCC(c1cccs1)N(C)C)N1CC=C(c2ccccc2)CC1. The first-order valence-corrected chi connectivity index (χ1v) is 9.97. The van der Waals surface area contributed by atoms with Gasteiger partial charge in [0.15, 0.2) is 5.96 Å². The molecule has 1 aromatic heterocycles. The standard InChI is InChI=1S/C21H28N4S/c1-22-21(23-16-19(24(2)3)20-10-7-15-26-20)25-13-11-18(12-14-25)17-8-5-4-6-9-17/h4-11,15,19H,12-14,16H2,1-3H3,(H,22,23). The van der Waals surface area contributed by atoms with Crippen LogP contribution in [0.15, 0.2) is 58.9 Å². The van der Waals surface area contributed by atoms with E-state index in [2.05, 4.69) is 88.1 Å². The summed E-state index contributed by atoms with van der Waals surface area (Å²) in [4.78, 5) is 10.5. The second kappa shape index (κ2) is 9.01. The Hall–Kier alpha value is -2.11. The van der Waals surface area contributed by atoms with Crippen LogP contribution in [0.5, 0.6) is 0 Å². The maximum atomic E-state index is 4.51. The normalized spacial score (nSPS) is 16.5. The molecule has 1 atom stereocenters. The highest BCUT2D eigenvalue weighted by Gasteiger charge is 2.19. The number of hydrogen-bond acceptors (Lipinski definition) is 3. The van der Waals surface area contributed by atoms with Gasteiger partial charge in [-0.1, -0.05) is 42.5 Å². The topological polar surface area (TPSA) is 30.9 Å². The van der Waals surface area contributed by atoms with Crippen molar-refractivity contribution in [2.24, 2.45) is 4.99 Å². The van der Waals surface area contributed by atoms with E-state index < -0.39 is 0 Å². The molecule has 0 fully saturated rings. The van der Waals surface area contributed by atoms with E-state index in [4.69, 9.17) is 0 Å². The van der Waals surface area contributed by atoms with Crippen molar-refractivity contribution < 1.29 is 0 Å². The minimum atomic E-state index is 0.354. The summed E-state index contributed by atoms with van der Waals surface area (Å²) in [5.74, 6) is 0.983. The van der Waals surface area contributed by atoms with Gasteiger partial charge in [-0.15, -0.1) is 11.3 Å². The van der Waals surface area contributed by atoms with Gasteiger partial charge in [-0.05, 0) is 43.1 Å². The number of likely N-dealkylation sites (N-methyl/N-ethyl adjacent to an activating group) is 1. The van der Waals surface area contributed by atoms with E-state index in [0.29, 0.717) is 6.04 Å². The van der Waals surface area contributed by atoms with E-state index in [1.165, 1.54) is 16.0 Å². The number of nitrogens with one attached hydrogen (secondary N) is 1. The fourth-order valence-corrected chi connectivity index (χ4v) is 4.24. The van der Waals surface area contributed by atoms with Gasteiger partial charge in [-0.25, -0.2) is 0 Å². The Morgan fingerprint density at radius 2 is 2.04 bits per heavy atom. The van der Waals surface area contributed by atoms with Crippen LogP contribution in [0.4, 0.5) is 0 Å². The fraction of sp³-hybridized carbons (Fsp3) is 0.381. The number of benzene rings is 1. The summed E-state index contributed by atoms with van der Waals surface area (Å²) in [5.41, 5.74) is 2.77. The first-order chi connectivity index (χ1) is 12.7. The first kappa shape index (κ1) is 18.7. The predicted molar refractivity (Wildman–Crippen MR) is 113 cm³/mol. The Labute approximate surface area is 160 Å². The summed E-state index contributed by atoms with van der Waals surface area (Å²) in [6, 6.07) is 15.3. The number of hydrogen-bond donors (Lipinski definition) is 1. The summed E-state index contributed by atoms with van der Waals surface area (Å²) in [6.07, 6.45) is 3.38. The highest BCUT2D eigenvalue weighted by Crippen LogP contribution is 2.24. The van der Waals surface area contributed by atoms with Crippen molar-refractivity contribution in [3.8, 4) is 0 Å². The molecule has 0 saturated carbocycles. The van der Waals surface area contributed by atoms with Crippen LogP contribution >= 0.6 is 11.3 Å². The fourth-order valence-electron chi connectivity index (χ4n) is 3.31. The van der Waals surface area contributed by atoms with E-state index in [9.17, 15) is 0 Å². The van der Waals surface area contributed by atoms with E-state index in [1.54, 1.807) is 0 Å². The molecule has 0 radical (unpaired) electrons. The Balaban J connectivity index is 1.61. The number of rotatable bonds is 5. The van der Waals surface area contributed by atoms with Gasteiger partial charge in [-0.2, -0.15) is 0 Å². The van der Waals surface area contributed by atoms with Crippen LogP contribution in [0.3, 0.4) is 0 Å². The lowest BCUT2D eigenvalue weighted by Crippen LogP contribution is -2.45. The lowest BCUT2D eigenvalue weighted by Gasteiger charge is -2.31. The van der Waals surface area contributed by atoms with Gasteiger partial charge in [-0.3, -0.25) is 4.99 Å². The average molecular weight is 369 g/mol. The second-order valence-electron chi connectivity index (χ2n) is 6.71. The third-order valence-corrected chi connectivity index (χ3v) is 5.79. The van der Waals surface area contributed by atoms with Gasteiger partial charge >= 0.3 is 0 Å². The van der Waals surface area contributed by atoms with E-state index in [-0.39, 0.29) is 0 Å². The van der Waals surface area contributed by atoms with Crippen molar-refractivity contribution in [3.05, 3.63) is 64.4 Å². The Bertz CT molecular complexity index is 735. The Morgan fingerprint density at radius 3 is 2.62 bits per heavy atom. The summed E-state index contributed by atoms with van der Waals surface area (Å²) < 4.78 is 0. The maximum Gasteiger partial charge on any atom is 0.194 e. The maximum absolute atomic E-state index is 4.51. The molecule has 138 valence electrons. The highest BCUT2D eigenvalue weighted by molar-refractivity contribution is 7.10. The van der Waals surface area contributed by atoms with E-state index in [1.807, 2.05) is 18.4 Å². The van der Waals surface area contributed by atoms with Crippen molar-refractivity contribution in [2.45, 2.75) is 12.5 Å².